The number of aliphatic imine (C=N–C) groups is 3. The molecule has 11 heteroatoms. The zero-order valence-electron chi connectivity index (χ0n) is 25.4. The van der Waals surface area contributed by atoms with Crippen LogP contribution in [0.25, 0.3) is 0 Å². The van der Waals surface area contributed by atoms with Crippen LogP contribution in [0.3, 0.4) is 0 Å². The highest BCUT2D eigenvalue weighted by molar-refractivity contribution is 6.30. The van der Waals surface area contributed by atoms with E-state index in [1.54, 1.807) is 25.2 Å². The Bertz CT molecular complexity index is 1820. The molecule has 0 aromatic heterocycles. The van der Waals surface area contributed by atoms with Gasteiger partial charge in [0.25, 0.3) is 0 Å². The Morgan fingerprint density at radius 2 is 1.69 bits per heavy atom. The van der Waals surface area contributed by atoms with Crippen molar-refractivity contribution in [2.24, 2.45) is 26.8 Å². The number of carbonyl (C=O) groups is 3. The van der Waals surface area contributed by atoms with Crippen LogP contribution in [-0.4, -0.2) is 55.5 Å². The van der Waals surface area contributed by atoms with Gasteiger partial charge in [0.15, 0.2) is 0 Å². The second-order valence-electron chi connectivity index (χ2n) is 11.3. The Morgan fingerprint density at radius 1 is 0.956 bits per heavy atom. The van der Waals surface area contributed by atoms with Crippen molar-refractivity contribution in [3.8, 4) is 0 Å². The smallest absolute Gasteiger partial charge is 0.338 e. The van der Waals surface area contributed by atoms with E-state index in [4.69, 9.17) is 15.0 Å². The molecule has 5 heterocycles. The van der Waals surface area contributed by atoms with Crippen LogP contribution >= 0.6 is 0 Å². The Labute approximate surface area is 259 Å². The van der Waals surface area contributed by atoms with E-state index < -0.39 is 30.2 Å². The molecule has 2 unspecified atom stereocenters. The first-order chi connectivity index (χ1) is 21.4. The Kier molecular flexibility index (Phi) is 8.29. The number of nitrogens with zero attached hydrogens (tertiary/aromatic N) is 3. The highest BCUT2D eigenvalue weighted by Gasteiger charge is 2.39. The van der Waals surface area contributed by atoms with Crippen LogP contribution in [0.15, 0.2) is 120 Å². The number of carboxylic acid groups (broad SMARTS) is 3. The summed E-state index contributed by atoms with van der Waals surface area (Å²) in [5.41, 5.74) is 6.73. The molecule has 1 fully saturated rings. The van der Waals surface area contributed by atoms with Crippen molar-refractivity contribution in [3.63, 3.8) is 0 Å². The van der Waals surface area contributed by atoms with Crippen LogP contribution in [0.1, 0.15) is 53.4 Å². The second-order valence-corrected chi connectivity index (χ2v) is 11.3. The topological polar surface area (TPSA) is 181 Å². The molecule has 232 valence electrons. The summed E-state index contributed by atoms with van der Waals surface area (Å²) in [6, 6.07) is 0. The van der Waals surface area contributed by atoms with Gasteiger partial charge in [-0.1, -0.05) is 26.5 Å². The molecule has 0 aromatic rings. The molecule has 5 aliphatic rings. The number of aliphatic hydroxyl groups excluding tert-OH is 1. The van der Waals surface area contributed by atoms with Gasteiger partial charge in [0.2, 0.25) is 0 Å². The summed E-state index contributed by atoms with van der Waals surface area (Å²) in [4.78, 5) is 50.9. The molecule has 11 nitrogen and oxygen atoms in total. The van der Waals surface area contributed by atoms with E-state index >= 15 is 0 Å². The lowest BCUT2D eigenvalue weighted by atomic mass is 9.84. The predicted molar refractivity (Wildman–Crippen MR) is 170 cm³/mol. The second kappa shape index (κ2) is 12.0. The first kappa shape index (κ1) is 31.1. The Hall–Kier alpha value is -5.32. The maximum absolute atomic E-state index is 12.7. The normalized spacial score (nSPS) is 23.5. The molecule has 5 aliphatic heterocycles. The van der Waals surface area contributed by atoms with Gasteiger partial charge in [-0.3, -0.25) is 9.59 Å². The quantitative estimate of drug-likeness (QED) is 0.224. The molecule has 2 atom stereocenters. The van der Waals surface area contributed by atoms with Crippen molar-refractivity contribution in [1.29, 1.82) is 0 Å². The maximum Gasteiger partial charge on any atom is 0.338 e. The van der Waals surface area contributed by atoms with Crippen LogP contribution in [0.5, 0.6) is 0 Å². The minimum Gasteiger partial charge on any atom is -0.515 e. The molecule has 0 aliphatic carbocycles. The molecular weight excluding hydrogens is 576 g/mol. The Balaban J connectivity index is 1.88. The van der Waals surface area contributed by atoms with E-state index in [0.717, 1.165) is 17.4 Å². The van der Waals surface area contributed by atoms with E-state index in [-0.39, 0.29) is 35.6 Å². The zero-order valence-corrected chi connectivity index (χ0v) is 25.4. The summed E-state index contributed by atoms with van der Waals surface area (Å²) >= 11 is 0. The van der Waals surface area contributed by atoms with E-state index in [2.05, 4.69) is 11.9 Å². The van der Waals surface area contributed by atoms with Crippen molar-refractivity contribution in [2.75, 3.05) is 0 Å². The van der Waals surface area contributed by atoms with Gasteiger partial charge in [-0.2, -0.15) is 0 Å². The van der Waals surface area contributed by atoms with Gasteiger partial charge < -0.3 is 25.7 Å². The van der Waals surface area contributed by atoms with Crippen LogP contribution in [0.2, 0.25) is 0 Å². The summed E-state index contributed by atoms with van der Waals surface area (Å²) in [5, 5.41) is 43.5. The minimum atomic E-state index is -1.27. The summed E-state index contributed by atoms with van der Waals surface area (Å²) in [6.07, 6.45) is 7.92. The number of rotatable bonds is 8. The fourth-order valence-electron chi connectivity index (χ4n) is 6.43. The average Bonchev–Trinajstić information content (AvgIpc) is 3.67. The molecule has 8 bridgehead atoms. The van der Waals surface area contributed by atoms with Crippen molar-refractivity contribution in [1.82, 2.24) is 5.32 Å². The van der Waals surface area contributed by atoms with E-state index in [9.17, 15) is 34.8 Å². The van der Waals surface area contributed by atoms with Gasteiger partial charge in [0.05, 0.1) is 52.5 Å². The molecule has 0 aromatic carbocycles. The fraction of sp³-hybridized carbons (Fsp3) is 0.294. The minimum absolute atomic E-state index is 0.00111. The van der Waals surface area contributed by atoms with E-state index in [1.807, 2.05) is 26.8 Å². The molecule has 5 rings (SSSR count). The monoisotopic (exact) mass is 610 g/mol. The number of hydrogen-bond acceptors (Lipinski definition) is 8. The lowest BCUT2D eigenvalue weighted by molar-refractivity contribution is -0.138. The highest BCUT2D eigenvalue weighted by Crippen LogP contribution is 2.42. The van der Waals surface area contributed by atoms with Gasteiger partial charge in [-0.25, -0.2) is 19.8 Å². The average molecular weight is 611 g/mol. The molecule has 0 amide bonds. The number of aliphatic carboxylic acids is 3. The predicted octanol–water partition coefficient (Wildman–Crippen LogP) is 5.47. The summed E-state index contributed by atoms with van der Waals surface area (Å²) in [7, 11) is 0. The standard InChI is InChI=1S/C34H34N4O7/c1-6-18-15(3)23-11-24-16(4)20(8-9-29(40)41)32(37-24)21(10-30(42)43)33-31(34(44)45)17(5)25(38-33)12-27-19(7-2)22(14-39)28(36-27)13-26(18)35-23/h6,11-14,16,20,37,39H,1,7-10H2,2-5H3,(H,40,41)(H,42,43)(H,44,45)/b22-14-,24-11?,25-12?,26-13?,32-21?. The Morgan fingerprint density at radius 3 is 2.29 bits per heavy atom. The van der Waals surface area contributed by atoms with Crippen LogP contribution in [0.4, 0.5) is 0 Å². The van der Waals surface area contributed by atoms with Gasteiger partial charge in [0, 0.05) is 46.4 Å². The highest BCUT2D eigenvalue weighted by atomic mass is 16.4. The number of allylic oxidation sites excluding steroid dienone is 10. The molecule has 0 radical (unpaired) electrons. The molecule has 1 saturated heterocycles. The van der Waals surface area contributed by atoms with Crippen LogP contribution in [-0.2, 0) is 14.4 Å². The van der Waals surface area contributed by atoms with Crippen molar-refractivity contribution >= 4 is 35.0 Å². The summed E-state index contributed by atoms with van der Waals surface area (Å²) in [6.45, 7) is 11.3. The molecular formula is C34H34N4O7. The third-order valence-corrected chi connectivity index (χ3v) is 8.78. The van der Waals surface area contributed by atoms with E-state index in [1.165, 1.54) is 0 Å². The lowest BCUT2D eigenvalue weighted by Crippen LogP contribution is -2.22. The third-order valence-electron chi connectivity index (χ3n) is 8.78. The first-order valence-electron chi connectivity index (χ1n) is 14.6. The van der Waals surface area contributed by atoms with Crippen LogP contribution in [0, 0.1) is 11.8 Å². The molecule has 5 N–H and O–H groups in total. The van der Waals surface area contributed by atoms with Gasteiger partial charge >= 0.3 is 17.9 Å². The van der Waals surface area contributed by atoms with Gasteiger partial charge in [-0.05, 0) is 61.6 Å². The number of fused-ring (bicyclic) bond motifs is 5. The fourth-order valence-corrected chi connectivity index (χ4v) is 6.43. The van der Waals surface area contributed by atoms with Crippen molar-refractivity contribution in [3.05, 3.63) is 105 Å². The number of carboxylic acids is 3. The lowest BCUT2D eigenvalue weighted by Gasteiger charge is -2.18. The molecule has 0 spiro atoms. The third kappa shape index (κ3) is 5.45. The number of hydrogen-bond donors (Lipinski definition) is 5. The van der Waals surface area contributed by atoms with Gasteiger partial charge in [0.1, 0.15) is 0 Å². The summed E-state index contributed by atoms with van der Waals surface area (Å²) in [5.74, 6) is -4.21. The first-order valence-corrected chi connectivity index (χ1v) is 14.6. The number of nitrogens with one attached hydrogen (secondary N) is 1. The number of aliphatic hydroxyl groups is 1. The zero-order chi connectivity index (χ0) is 32.7. The molecule has 45 heavy (non-hydrogen) atoms. The summed E-state index contributed by atoms with van der Waals surface area (Å²) < 4.78 is 0. The van der Waals surface area contributed by atoms with Gasteiger partial charge in [-0.15, -0.1) is 0 Å². The SMILES string of the molecule is C=CC1=C(C)C2=NC1=CC1=NC(=C(CC)/C1=C/O)C=C1N=C(C(CC(=O)O)=C3NC(=C2)C(C)C3CCC(=O)O)C(C(=O)O)=C1C. The maximum atomic E-state index is 12.7. The van der Waals surface area contributed by atoms with Crippen LogP contribution < -0.4 is 5.32 Å². The molecule has 0 saturated carbocycles. The largest absolute Gasteiger partial charge is 0.515 e. The van der Waals surface area contributed by atoms with E-state index in [0.29, 0.717) is 63.0 Å². The van der Waals surface area contributed by atoms with Crippen molar-refractivity contribution < 1.29 is 34.8 Å². The van der Waals surface area contributed by atoms with Crippen molar-refractivity contribution in [2.45, 2.75) is 53.4 Å².